The van der Waals surface area contributed by atoms with Gasteiger partial charge in [-0.15, -0.1) is 0 Å². The molecule has 6 heteroatoms. The summed E-state index contributed by atoms with van der Waals surface area (Å²) in [6.07, 6.45) is 3.03. The Balaban J connectivity index is 1.56. The molecule has 0 radical (unpaired) electrons. The summed E-state index contributed by atoms with van der Waals surface area (Å²) in [6.45, 7) is 7.13. The molecule has 1 aliphatic rings. The first-order valence-corrected chi connectivity index (χ1v) is 9.33. The lowest BCUT2D eigenvalue weighted by Crippen LogP contribution is -2.53. The molecule has 1 saturated heterocycles. The number of hydrogen-bond acceptors (Lipinski definition) is 3. The van der Waals surface area contributed by atoms with E-state index in [-0.39, 0.29) is 12.1 Å². The van der Waals surface area contributed by atoms with E-state index in [9.17, 15) is 4.79 Å². The van der Waals surface area contributed by atoms with Crippen molar-refractivity contribution in [1.29, 1.82) is 0 Å². The fourth-order valence-corrected chi connectivity index (χ4v) is 3.47. The molecule has 2 aromatic heterocycles. The highest BCUT2D eigenvalue weighted by Crippen LogP contribution is 2.26. The van der Waals surface area contributed by atoms with E-state index in [0.29, 0.717) is 13.1 Å². The van der Waals surface area contributed by atoms with E-state index >= 15 is 0 Å². The van der Waals surface area contributed by atoms with Crippen molar-refractivity contribution in [3.05, 3.63) is 42.6 Å². The van der Waals surface area contributed by atoms with E-state index in [0.717, 1.165) is 41.9 Å². The van der Waals surface area contributed by atoms with Gasteiger partial charge in [0.1, 0.15) is 0 Å². The van der Waals surface area contributed by atoms with Crippen LogP contribution in [-0.2, 0) is 0 Å². The van der Waals surface area contributed by atoms with Crippen LogP contribution in [0.2, 0.25) is 0 Å². The number of carbonyl (C=O) groups is 1. The Bertz CT molecular complexity index is 926. The predicted molar refractivity (Wildman–Crippen MR) is 105 cm³/mol. The van der Waals surface area contributed by atoms with E-state index in [1.807, 2.05) is 30.0 Å². The number of rotatable bonds is 3. The summed E-state index contributed by atoms with van der Waals surface area (Å²) in [5.74, 6) is 0.996. The highest BCUT2D eigenvalue weighted by atomic mass is 16.2. The molecule has 1 aliphatic heterocycles. The van der Waals surface area contributed by atoms with Crippen molar-refractivity contribution in [1.82, 2.24) is 19.6 Å². The molecular weight excluding hydrogens is 326 g/mol. The summed E-state index contributed by atoms with van der Waals surface area (Å²) in [4.78, 5) is 21.4. The van der Waals surface area contributed by atoms with E-state index < -0.39 is 0 Å². The lowest BCUT2D eigenvalue weighted by Gasteiger charge is -2.36. The topological polar surface area (TPSA) is 52.9 Å². The molecular formula is C20H25N5O. The Morgan fingerprint density at radius 1 is 1.12 bits per heavy atom. The molecule has 136 valence electrons. The van der Waals surface area contributed by atoms with Crippen molar-refractivity contribution in [2.24, 2.45) is 0 Å². The van der Waals surface area contributed by atoms with Gasteiger partial charge in [-0.25, -0.2) is 9.78 Å². The van der Waals surface area contributed by atoms with Crippen molar-refractivity contribution in [2.45, 2.75) is 26.3 Å². The third-order valence-electron chi connectivity index (χ3n) is 5.19. The summed E-state index contributed by atoms with van der Waals surface area (Å²) in [5.41, 5.74) is 3.21. The number of piperazine rings is 1. The fourth-order valence-electron chi connectivity index (χ4n) is 3.47. The van der Waals surface area contributed by atoms with Crippen molar-refractivity contribution in [2.75, 3.05) is 31.1 Å². The summed E-state index contributed by atoms with van der Waals surface area (Å²) in [7, 11) is 0. The van der Waals surface area contributed by atoms with Gasteiger partial charge in [-0.3, -0.25) is 0 Å². The van der Waals surface area contributed by atoms with Crippen LogP contribution in [-0.4, -0.2) is 52.5 Å². The van der Waals surface area contributed by atoms with Crippen LogP contribution in [0.3, 0.4) is 0 Å². The molecule has 6 nitrogen and oxygen atoms in total. The molecule has 1 N–H and O–H groups in total. The molecule has 3 heterocycles. The molecule has 0 aliphatic carbocycles. The molecule has 26 heavy (non-hydrogen) atoms. The summed E-state index contributed by atoms with van der Waals surface area (Å²) in [5, 5.41) is 3.05. The smallest absolute Gasteiger partial charge is 0.317 e. The van der Waals surface area contributed by atoms with Crippen LogP contribution in [0.4, 0.5) is 10.6 Å². The van der Waals surface area contributed by atoms with Crippen LogP contribution in [0.15, 0.2) is 42.6 Å². The maximum absolute atomic E-state index is 12.3. The second-order valence-electron chi connectivity index (χ2n) is 6.92. The Morgan fingerprint density at radius 3 is 2.62 bits per heavy atom. The number of benzene rings is 1. The van der Waals surface area contributed by atoms with Gasteiger partial charge >= 0.3 is 6.03 Å². The van der Waals surface area contributed by atoms with Crippen LogP contribution in [0.25, 0.3) is 16.6 Å². The lowest BCUT2D eigenvalue weighted by molar-refractivity contribution is 0.190. The minimum absolute atomic E-state index is 0.0401. The number of urea groups is 1. The van der Waals surface area contributed by atoms with Gasteiger partial charge in [0.15, 0.2) is 5.82 Å². The Morgan fingerprint density at radius 2 is 1.85 bits per heavy atom. The van der Waals surface area contributed by atoms with E-state index in [2.05, 4.69) is 45.9 Å². The normalized spacial score (nSPS) is 16.2. The van der Waals surface area contributed by atoms with Gasteiger partial charge in [0.05, 0.1) is 16.6 Å². The maximum Gasteiger partial charge on any atom is 0.317 e. The number of nitrogens with zero attached hydrogens (tertiary/aromatic N) is 4. The first kappa shape index (κ1) is 16.7. The first-order valence-electron chi connectivity index (χ1n) is 9.33. The number of para-hydroxylation sites is 2. The van der Waals surface area contributed by atoms with Gasteiger partial charge in [-0.1, -0.05) is 19.1 Å². The monoisotopic (exact) mass is 351 g/mol. The molecule has 0 spiro atoms. The standard InChI is InChI=1S/C20H25N5O/c1-3-15(2)21-20(26)24-13-11-23(12-14-24)19-18-9-6-10-25(18)17-8-5-4-7-16(17)22-19/h4-10,15H,3,11-14H2,1-2H3,(H,21,26)/t15-/m0/s1. The van der Waals surface area contributed by atoms with Gasteiger partial charge in [-0.05, 0) is 37.6 Å². The average molecular weight is 351 g/mol. The molecule has 1 fully saturated rings. The molecule has 1 atom stereocenters. The number of anilines is 1. The SMILES string of the molecule is CC[C@H](C)NC(=O)N1CCN(c2nc3ccccc3n3cccc23)CC1. The average Bonchev–Trinajstić information content (AvgIpc) is 3.17. The molecule has 2 amide bonds. The second kappa shape index (κ2) is 6.86. The zero-order chi connectivity index (χ0) is 18.1. The Kier molecular flexibility index (Phi) is 4.41. The van der Waals surface area contributed by atoms with Gasteiger partial charge in [0.25, 0.3) is 0 Å². The second-order valence-corrected chi connectivity index (χ2v) is 6.92. The fraction of sp³-hybridized carbons (Fsp3) is 0.400. The van der Waals surface area contributed by atoms with Crippen LogP contribution >= 0.6 is 0 Å². The highest BCUT2D eigenvalue weighted by Gasteiger charge is 2.24. The predicted octanol–water partition coefficient (Wildman–Crippen LogP) is 3.12. The Labute approximate surface area is 153 Å². The summed E-state index contributed by atoms with van der Waals surface area (Å²) in [6, 6.07) is 12.6. The largest absolute Gasteiger partial charge is 0.351 e. The summed E-state index contributed by atoms with van der Waals surface area (Å²) >= 11 is 0. The van der Waals surface area contributed by atoms with Crippen molar-refractivity contribution in [3.8, 4) is 0 Å². The van der Waals surface area contributed by atoms with Gasteiger partial charge < -0.3 is 19.5 Å². The van der Waals surface area contributed by atoms with Gasteiger partial charge in [0, 0.05) is 38.4 Å². The van der Waals surface area contributed by atoms with Crippen molar-refractivity contribution >= 4 is 28.4 Å². The van der Waals surface area contributed by atoms with E-state index in [4.69, 9.17) is 4.98 Å². The first-order chi connectivity index (χ1) is 12.7. The number of fused-ring (bicyclic) bond motifs is 3. The quantitative estimate of drug-likeness (QED) is 0.789. The van der Waals surface area contributed by atoms with Crippen LogP contribution in [0, 0.1) is 0 Å². The van der Waals surface area contributed by atoms with Gasteiger partial charge in [-0.2, -0.15) is 0 Å². The van der Waals surface area contributed by atoms with Crippen LogP contribution in [0.5, 0.6) is 0 Å². The minimum Gasteiger partial charge on any atom is -0.351 e. The van der Waals surface area contributed by atoms with Crippen LogP contribution in [0.1, 0.15) is 20.3 Å². The number of hydrogen-bond donors (Lipinski definition) is 1. The van der Waals surface area contributed by atoms with Gasteiger partial charge in [0.2, 0.25) is 0 Å². The minimum atomic E-state index is 0.0401. The third-order valence-corrected chi connectivity index (χ3v) is 5.19. The number of aromatic nitrogens is 2. The number of amides is 2. The molecule has 0 saturated carbocycles. The van der Waals surface area contributed by atoms with Crippen LogP contribution < -0.4 is 10.2 Å². The van der Waals surface area contributed by atoms with E-state index in [1.165, 1.54) is 0 Å². The lowest BCUT2D eigenvalue weighted by atomic mass is 10.2. The highest BCUT2D eigenvalue weighted by molar-refractivity contribution is 5.85. The third kappa shape index (κ3) is 2.96. The molecule has 4 rings (SSSR count). The Hall–Kier alpha value is -2.76. The van der Waals surface area contributed by atoms with E-state index in [1.54, 1.807) is 0 Å². The van der Waals surface area contributed by atoms with Crippen molar-refractivity contribution in [3.63, 3.8) is 0 Å². The molecule has 0 unspecified atom stereocenters. The molecule has 0 bridgehead atoms. The molecule has 3 aromatic rings. The number of carbonyl (C=O) groups excluding carboxylic acids is 1. The van der Waals surface area contributed by atoms with Crippen molar-refractivity contribution < 1.29 is 4.79 Å². The number of nitrogens with one attached hydrogen (secondary N) is 1. The maximum atomic E-state index is 12.3. The zero-order valence-corrected chi connectivity index (χ0v) is 15.4. The summed E-state index contributed by atoms with van der Waals surface area (Å²) < 4.78 is 2.19. The zero-order valence-electron chi connectivity index (χ0n) is 15.4. The molecule has 1 aromatic carbocycles.